The van der Waals surface area contributed by atoms with Crippen LogP contribution in [0.3, 0.4) is 0 Å². The van der Waals surface area contributed by atoms with E-state index in [1.165, 1.54) is 17.8 Å². The summed E-state index contributed by atoms with van der Waals surface area (Å²) < 4.78 is 13.9. The van der Waals surface area contributed by atoms with Crippen molar-refractivity contribution in [3.8, 4) is 0 Å². The molecule has 0 aliphatic heterocycles. The van der Waals surface area contributed by atoms with Crippen LogP contribution in [0.25, 0.3) is 0 Å². The summed E-state index contributed by atoms with van der Waals surface area (Å²) in [6.07, 6.45) is -0.786. The lowest BCUT2D eigenvalue weighted by atomic mass is 10.0. The number of hydrogen-bond acceptors (Lipinski definition) is 2. The molecule has 2 aromatic carbocycles. The van der Waals surface area contributed by atoms with Crippen LogP contribution in [0, 0.1) is 19.7 Å². The maximum absolute atomic E-state index is 13.9. The molecule has 0 aromatic heterocycles. The summed E-state index contributed by atoms with van der Waals surface area (Å²) in [7, 11) is 0. The smallest absolute Gasteiger partial charge is 0.129 e. The van der Waals surface area contributed by atoms with Crippen LogP contribution in [0.4, 0.5) is 4.39 Å². The minimum Gasteiger partial charge on any atom is -0.387 e. The zero-order chi connectivity index (χ0) is 13.8. The molecule has 1 unspecified atom stereocenters. The standard InChI is InChI=1S/C16H17FOS/c1-11-8-12(2)16(14(17)9-11)15(18)10-19-13-6-4-3-5-7-13/h3-9,15,18H,10H2,1-2H3. The molecule has 0 aliphatic carbocycles. The van der Waals surface area contributed by atoms with Crippen molar-refractivity contribution >= 4 is 11.8 Å². The predicted octanol–water partition coefficient (Wildman–Crippen LogP) is 4.27. The molecule has 3 heteroatoms. The fraction of sp³-hybridized carbons (Fsp3) is 0.250. The Morgan fingerprint density at radius 3 is 2.47 bits per heavy atom. The Bertz CT molecular complexity index is 531. The minimum absolute atomic E-state index is 0.321. The van der Waals surface area contributed by atoms with Crippen molar-refractivity contribution in [2.24, 2.45) is 0 Å². The summed E-state index contributed by atoms with van der Waals surface area (Å²) in [4.78, 5) is 1.08. The zero-order valence-electron chi connectivity index (χ0n) is 11.1. The van der Waals surface area contributed by atoms with E-state index in [9.17, 15) is 9.50 Å². The number of aliphatic hydroxyl groups excluding tert-OH is 1. The van der Waals surface area contributed by atoms with Crippen LogP contribution in [0.2, 0.25) is 0 Å². The molecular formula is C16H17FOS. The van der Waals surface area contributed by atoms with Crippen molar-refractivity contribution in [1.82, 2.24) is 0 Å². The number of thioether (sulfide) groups is 1. The van der Waals surface area contributed by atoms with Crippen LogP contribution in [0.15, 0.2) is 47.4 Å². The highest BCUT2D eigenvalue weighted by Gasteiger charge is 2.16. The van der Waals surface area contributed by atoms with Crippen molar-refractivity contribution in [1.29, 1.82) is 0 Å². The Labute approximate surface area is 117 Å². The molecule has 1 N–H and O–H groups in total. The summed E-state index contributed by atoms with van der Waals surface area (Å²) in [5.41, 5.74) is 2.09. The number of aryl methyl sites for hydroxylation is 2. The highest BCUT2D eigenvalue weighted by Crippen LogP contribution is 2.28. The average molecular weight is 276 g/mol. The molecule has 0 saturated heterocycles. The SMILES string of the molecule is Cc1cc(C)c(C(O)CSc2ccccc2)c(F)c1. The number of hydrogen-bond donors (Lipinski definition) is 1. The minimum atomic E-state index is -0.786. The first-order chi connectivity index (χ1) is 9.08. The lowest BCUT2D eigenvalue weighted by molar-refractivity contribution is 0.198. The molecule has 19 heavy (non-hydrogen) atoms. The maximum atomic E-state index is 13.9. The lowest BCUT2D eigenvalue weighted by Crippen LogP contribution is -2.06. The second-order valence-corrected chi connectivity index (χ2v) is 5.71. The highest BCUT2D eigenvalue weighted by atomic mass is 32.2. The van der Waals surface area contributed by atoms with E-state index in [0.29, 0.717) is 11.3 Å². The molecular weight excluding hydrogens is 259 g/mol. The van der Waals surface area contributed by atoms with Crippen molar-refractivity contribution in [2.45, 2.75) is 24.8 Å². The zero-order valence-corrected chi connectivity index (χ0v) is 11.9. The van der Waals surface area contributed by atoms with Crippen LogP contribution in [0.5, 0.6) is 0 Å². The first-order valence-electron chi connectivity index (χ1n) is 6.20. The van der Waals surface area contributed by atoms with Crippen LogP contribution in [-0.4, -0.2) is 10.9 Å². The van der Waals surface area contributed by atoms with Gasteiger partial charge in [-0.15, -0.1) is 11.8 Å². The third kappa shape index (κ3) is 3.58. The molecule has 1 nitrogen and oxygen atoms in total. The molecule has 0 spiro atoms. The maximum Gasteiger partial charge on any atom is 0.129 e. The third-order valence-electron chi connectivity index (χ3n) is 2.97. The quantitative estimate of drug-likeness (QED) is 0.842. The predicted molar refractivity (Wildman–Crippen MR) is 78.0 cm³/mol. The van der Waals surface area contributed by atoms with Gasteiger partial charge in [0.15, 0.2) is 0 Å². The topological polar surface area (TPSA) is 20.2 Å². The molecule has 2 rings (SSSR count). The highest BCUT2D eigenvalue weighted by molar-refractivity contribution is 7.99. The number of rotatable bonds is 4. The first kappa shape index (κ1) is 14.1. The fourth-order valence-corrected chi connectivity index (χ4v) is 2.99. The summed E-state index contributed by atoms with van der Waals surface area (Å²) in [6.45, 7) is 3.69. The largest absolute Gasteiger partial charge is 0.387 e. The van der Waals surface area contributed by atoms with E-state index in [4.69, 9.17) is 0 Å². The second-order valence-electron chi connectivity index (χ2n) is 4.62. The summed E-state index contributed by atoms with van der Waals surface area (Å²) in [6, 6.07) is 13.2. The Morgan fingerprint density at radius 1 is 1.16 bits per heavy atom. The Balaban J connectivity index is 2.10. The fourth-order valence-electron chi connectivity index (χ4n) is 2.12. The van der Waals surface area contributed by atoms with Crippen molar-refractivity contribution in [3.05, 3.63) is 65.0 Å². The van der Waals surface area contributed by atoms with Gasteiger partial charge in [-0.2, -0.15) is 0 Å². The van der Waals surface area contributed by atoms with Gasteiger partial charge in [-0.1, -0.05) is 24.3 Å². The summed E-state index contributed by atoms with van der Waals surface area (Å²) >= 11 is 1.53. The van der Waals surface area contributed by atoms with Gasteiger partial charge in [0.2, 0.25) is 0 Å². The molecule has 0 saturated carbocycles. The molecule has 0 radical (unpaired) electrons. The molecule has 100 valence electrons. The second kappa shape index (κ2) is 6.22. The lowest BCUT2D eigenvalue weighted by Gasteiger charge is -2.15. The van der Waals surface area contributed by atoms with Crippen LogP contribution in [0.1, 0.15) is 22.8 Å². The van der Waals surface area contributed by atoms with Gasteiger partial charge in [-0.25, -0.2) is 4.39 Å². The summed E-state index contributed by atoms with van der Waals surface area (Å²) in [5.74, 6) is 0.129. The molecule has 2 aromatic rings. The van der Waals surface area contributed by atoms with Gasteiger partial charge in [-0.05, 0) is 43.2 Å². The Kier molecular flexibility index (Phi) is 4.61. The van der Waals surface area contributed by atoms with Crippen molar-refractivity contribution in [3.63, 3.8) is 0 Å². The molecule has 0 aliphatic rings. The van der Waals surface area contributed by atoms with Crippen LogP contribution in [-0.2, 0) is 0 Å². The molecule has 1 atom stereocenters. The van der Waals surface area contributed by atoms with Crippen molar-refractivity contribution < 1.29 is 9.50 Å². The number of benzene rings is 2. The Morgan fingerprint density at radius 2 is 1.84 bits per heavy atom. The molecule has 0 fully saturated rings. The van der Waals surface area contributed by atoms with E-state index in [1.54, 1.807) is 0 Å². The van der Waals surface area contributed by atoms with Gasteiger partial charge in [0.25, 0.3) is 0 Å². The number of aliphatic hydroxyl groups is 1. The van der Waals surface area contributed by atoms with Gasteiger partial charge in [0, 0.05) is 16.2 Å². The van der Waals surface area contributed by atoms with Crippen LogP contribution >= 0.6 is 11.8 Å². The monoisotopic (exact) mass is 276 g/mol. The van der Waals surface area contributed by atoms with Gasteiger partial charge in [0.05, 0.1) is 6.10 Å². The van der Waals surface area contributed by atoms with Gasteiger partial charge >= 0.3 is 0 Å². The average Bonchev–Trinajstić information content (AvgIpc) is 2.36. The van der Waals surface area contributed by atoms with Gasteiger partial charge in [0.1, 0.15) is 5.82 Å². The van der Waals surface area contributed by atoms with Crippen molar-refractivity contribution in [2.75, 3.05) is 5.75 Å². The van der Waals surface area contributed by atoms with Gasteiger partial charge in [-0.3, -0.25) is 0 Å². The molecule has 0 bridgehead atoms. The molecule has 0 amide bonds. The van der Waals surface area contributed by atoms with Gasteiger partial charge < -0.3 is 5.11 Å². The van der Waals surface area contributed by atoms with E-state index >= 15 is 0 Å². The van der Waals surface area contributed by atoms with E-state index in [1.807, 2.05) is 50.2 Å². The van der Waals surface area contributed by atoms with E-state index in [-0.39, 0.29) is 5.82 Å². The summed E-state index contributed by atoms with van der Waals surface area (Å²) in [5, 5.41) is 10.2. The first-order valence-corrected chi connectivity index (χ1v) is 7.19. The van der Waals surface area contributed by atoms with Crippen LogP contribution < -0.4 is 0 Å². The normalized spacial score (nSPS) is 12.4. The molecule has 0 heterocycles. The third-order valence-corrected chi connectivity index (χ3v) is 4.05. The van der Waals surface area contributed by atoms with E-state index < -0.39 is 6.10 Å². The van der Waals surface area contributed by atoms with E-state index in [0.717, 1.165) is 16.0 Å². The van der Waals surface area contributed by atoms with E-state index in [2.05, 4.69) is 0 Å². The Hall–Kier alpha value is -1.32. The number of halogens is 1.